The molecule has 4 nitrogen and oxygen atoms in total. The molecule has 1 rings (SSSR count). The van der Waals surface area contributed by atoms with Gasteiger partial charge in [-0.25, -0.2) is 4.79 Å². The second-order valence-electron chi connectivity index (χ2n) is 3.09. The van der Waals surface area contributed by atoms with Gasteiger partial charge in [0.25, 0.3) is 0 Å². The van der Waals surface area contributed by atoms with E-state index in [0.29, 0.717) is 6.54 Å². The Labute approximate surface area is 83.4 Å². The third kappa shape index (κ3) is 2.40. The van der Waals surface area contributed by atoms with E-state index in [1.165, 1.54) is 4.90 Å². The largest absolute Gasteiger partial charge is 0.436 e. The molecule has 1 unspecified atom stereocenters. The topological polar surface area (TPSA) is 53.3 Å². The van der Waals surface area contributed by atoms with Crippen molar-refractivity contribution in [2.45, 2.75) is 25.3 Å². The third-order valence-corrected chi connectivity index (χ3v) is 2.17. The fourth-order valence-electron chi connectivity index (χ4n) is 1.47. The van der Waals surface area contributed by atoms with Crippen LogP contribution < -0.4 is 0 Å². The van der Waals surface area contributed by atoms with Crippen LogP contribution in [0, 0.1) is 23.7 Å². The predicted octanol–water partition coefficient (Wildman–Crippen LogP) is 1.13. The summed E-state index contributed by atoms with van der Waals surface area (Å²) in [5, 5.41) is 8.80. The molecule has 0 aromatic rings. The van der Waals surface area contributed by atoms with Gasteiger partial charge in [-0.2, -0.15) is 5.26 Å². The molecule has 0 bridgehead atoms. The second-order valence-corrected chi connectivity index (χ2v) is 3.09. The Bertz CT molecular complexity index is 287. The molecule has 14 heavy (non-hydrogen) atoms. The van der Waals surface area contributed by atoms with Gasteiger partial charge in [-0.05, 0) is 19.3 Å². The molecule has 1 aliphatic heterocycles. The fraction of sp³-hybridized carbons (Fsp3) is 0.600. The number of nitrogens with zero attached hydrogens (tertiary/aromatic N) is 2. The van der Waals surface area contributed by atoms with E-state index in [2.05, 4.69) is 12.0 Å². The normalized spacial score (nSPS) is 20.7. The van der Waals surface area contributed by atoms with Crippen molar-refractivity contribution in [1.82, 2.24) is 4.90 Å². The molecule has 1 fully saturated rings. The first-order valence-corrected chi connectivity index (χ1v) is 4.56. The summed E-state index contributed by atoms with van der Waals surface area (Å²) in [4.78, 5) is 12.8. The molecule has 1 atom stereocenters. The first kappa shape index (κ1) is 10.4. The van der Waals surface area contributed by atoms with Crippen LogP contribution in [0.15, 0.2) is 0 Å². The molecular formula is C10H12N2O2. The lowest BCUT2D eigenvalue weighted by atomic mass is 10.0. The Morgan fingerprint density at radius 3 is 3.07 bits per heavy atom. The summed E-state index contributed by atoms with van der Waals surface area (Å²) < 4.78 is 4.76. The molecule has 4 heteroatoms. The highest BCUT2D eigenvalue weighted by Gasteiger charge is 2.27. The maximum atomic E-state index is 11.4. The van der Waals surface area contributed by atoms with Crippen LogP contribution >= 0.6 is 0 Å². The van der Waals surface area contributed by atoms with E-state index in [-0.39, 0.29) is 12.6 Å². The van der Waals surface area contributed by atoms with E-state index in [1.54, 1.807) is 0 Å². The summed E-state index contributed by atoms with van der Waals surface area (Å²) in [6.07, 6.45) is 7.11. The Morgan fingerprint density at radius 1 is 1.64 bits per heavy atom. The number of carbonyl (C=O) groups excluding carboxylic acids is 1. The first-order valence-electron chi connectivity index (χ1n) is 4.56. The maximum Gasteiger partial charge on any atom is 0.411 e. The van der Waals surface area contributed by atoms with Crippen LogP contribution in [0.4, 0.5) is 4.79 Å². The SMILES string of the molecule is C#CCOC(=O)N1CCCCC1C#N. The van der Waals surface area contributed by atoms with Gasteiger partial charge in [0.2, 0.25) is 0 Å². The number of piperidine rings is 1. The first-order chi connectivity index (χ1) is 6.79. The van der Waals surface area contributed by atoms with Gasteiger partial charge in [0.15, 0.2) is 6.61 Å². The number of likely N-dealkylation sites (tertiary alicyclic amines) is 1. The van der Waals surface area contributed by atoms with Gasteiger partial charge >= 0.3 is 6.09 Å². The van der Waals surface area contributed by atoms with Crippen LogP contribution in [0.1, 0.15) is 19.3 Å². The van der Waals surface area contributed by atoms with Crippen molar-refractivity contribution in [1.29, 1.82) is 5.26 Å². The number of hydrogen-bond acceptors (Lipinski definition) is 3. The van der Waals surface area contributed by atoms with Crippen LogP contribution in [-0.2, 0) is 4.74 Å². The molecule has 0 spiro atoms. The molecule has 1 aliphatic rings. The van der Waals surface area contributed by atoms with Gasteiger partial charge in [-0.15, -0.1) is 6.42 Å². The zero-order chi connectivity index (χ0) is 10.4. The number of amides is 1. The molecule has 0 aliphatic carbocycles. The minimum absolute atomic E-state index is 0.0342. The molecular weight excluding hydrogens is 180 g/mol. The summed E-state index contributed by atoms with van der Waals surface area (Å²) in [5.41, 5.74) is 0. The number of nitriles is 1. The van der Waals surface area contributed by atoms with Crippen LogP contribution in [0.2, 0.25) is 0 Å². The van der Waals surface area contributed by atoms with Crippen LogP contribution in [0.25, 0.3) is 0 Å². The molecule has 0 radical (unpaired) electrons. The summed E-state index contributed by atoms with van der Waals surface area (Å²) in [7, 11) is 0. The van der Waals surface area contributed by atoms with E-state index < -0.39 is 6.09 Å². The minimum atomic E-state index is -0.478. The van der Waals surface area contributed by atoms with Crippen molar-refractivity contribution in [3.8, 4) is 18.4 Å². The quantitative estimate of drug-likeness (QED) is 0.585. The molecule has 0 N–H and O–H groups in total. The minimum Gasteiger partial charge on any atom is -0.436 e. The number of hydrogen-bond donors (Lipinski definition) is 0. The van der Waals surface area contributed by atoms with E-state index >= 15 is 0 Å². The van der Waals surface area contributed by atoms with Gasteiger partial charge in [0.1, 0.15) is 6.04 Å². The van der Waals surface area contributed by atoms with E-state index in [4.69, 9.17) is 16.4 Å². The van der Waals surface area contributed by atoms with Crippen molar-refractivity contribution < 1.29 is 9.53 Å². The monoisotopic (exact) mass is 192 g/mol. The van der Waals surface area contributed by atoms with Crippen molar-refractivity contribution in [2.24, 2.45) is 0 Å². The molecule has 0 aromatic carbocycles. The lowest BCUT2D eigenvalue weighted by molar-refractivity contribution is 0.0941. The smallest absolute Gasteiger partial charge is 0.411 e. The second kappa shape index (κ2) is 5.14. The highest BCUT2D eigenvalue weighted by Crippen LogP contribution is 2.16. The molecule has 1 amide bonds. The third-order valence-electron chi connectivity index (χ3n) is 2.17. The van der Waals surface area contributed by atoms with Crippen LogP contribution in [0.5, 0.6) is 0 Å². The van der Waals surface area contributed by atoms with Crippen molar-refractivity contribution >= 4 is 6.09 Å². The van der Waals surface area contributed by atoms with Gasteiger partial charge in [0, 0.05) is 6.54 Å². The summed E-state index contributed by atoms with van der Waals surface area (Å²) >= 11 is 0. The number of rotatable bonds is 1. The lowest BCUT2D eigenvalue weighted by Gasteiger charge is -2.30. The van der Waals surface area contributed by atoms with E-state index in [0.717, 1.165) is 19.3 Å². The predicted molar refractivity (Wildman–Crippen MR) is 50.1 cm³/mol. The number of carbonyl (C=O) groups is 1. The molecule has 0 aromatic heterocycles. The van der Waals surface area contributed by atoms with E-state index in [9.17, 15) is 4.79 Å². The lowest BCUT2D eigenvalue weighted by Crippen LogP contribution is -2.43. The Hall–Kier alpha value is -1.68. The van der Waals surface area contributed by atoms with Crippen LogP contribution in [-0.4, -0.2) is 30.2 Å². The summed E-state index contributed by atoms with van der Waals surface area (Å²) in [6, 6.07) is 1.73. The fourth-order valence-corrected chi connectivity index (χ4v) is 1.47. The Morgan fingerprint density at radius 2 is 2.43 bits per heavy atom. The number of terminal acetylenes is 1. The Kier molecular flexibility index (Phi) is 3.82. The zero-order valence-electron chi connectivity index (χ0n) is 7.90. The molecule has 1 heterocycles. The molecule has 0 saturated carbocycles. The standard InChI is InChI=1S/C10H12N2O2/c1-2-7-14-10(13)12-6-4-3-5-9(12)8-11/h1,9H,3-7H2. The summed E-state index contributed by atoms with van der Waals surface area (Å²) in [6.45, 7) is 0.551. The average Bonchev–Trinajstić information content (AvgIpc) is 2.25. The number of ether oxygens (including phenoxy) is 1. The van der Waals surface area contributed by atoms with Crippen molar-refractivity contribution in [3.63, 3.8) is 0 Å². The van der Waals surface area contributed by atoms with E-state index in [1.807, 2.05) is 0 Å². The highest BCUT2D eigenvalue weighted by atomic mass is 16.6. The molecule has 74 valence electrons. The van der Waals surface area contributed by atoms with Crippen molar-refractivity contribution in [2.75, 3.05) is 13.2 Å². The molecule has 1 saturated heterocycles. The Balaban J connectivity index is 2.52. The van der Waals surface area contributed by atoms with Gasteiger partial charge < -0.3 is 4.74 Å². The zero-order valence-corrected chi connectivity index (χ0v) is 7.90. The highest BCUT2D eigenvalue weighted by molar-refractivity contribution is 5.68. The van der Waals surface area contributed by atoms with Crippen molar-refractivity contribution in [3.05, 3.63) is 0 Å². The van der Waals surface area contributed by atoms with Gasteiger partial charge in [-0.1, -0.05) is 5.92 Å². The van der Waals surface area contributed by atoms with Crippen LogP contribution in [0.3, 0.4) is 0 Å². The van der Waals surface area contributed by atoms with Gasteiger partial charge in [-0.3, -0.25) is 4.90 Å². The average molecular weight is 192 g/mol. The van der Waals surface area contributed by atoms with Gasteiger partial charge in [0.05, 0.1) is 6.07 Å². The summed E-state index contributed by atoms with van der Waals surface area (Å²) in [5.74, 6) is 2.22. The maximum absolute atomic E-state index is 11.4.